The Bertz CT molecular complexity index is 927. The van der Waals surface area contributed by atoms with Crippen molar-refractivity contribution in [3.63, 3.8) is 0 Å². The summed E-state index contributed by atoms with van der Waals surface area (Å²) in [4.78, 5) is 28.1. The lowest BCUT2D eigenvalue weighted by molar-refractivity contribution is -0.115. The van der Waals surface area contributed by atoms with Crippen LogP contribution in [-0.2, 0) is 11.4 Å². The van der Waals surface area contributed by atoms with E-state index in [0.717, 1.165) is 5.69 Å². The minimum Gasteiger partial charge on any atom is -0.487 e. The number of anilines is 1. The third kappa shape index (κ3) is 5.68. The number of furan rings is 1. The summed E-state index contributed by atoms with van der Waals surface area (Å²) in [5.41, 5.74) is 1.37. The van der Waals surface area contributed by atoms with Gasteiger partial charge in [-0.3, -0.25) is 14.6 Å². The van der Waals surface area contributed by atoms with Crippen LogP contribution in [0.3, 0.4) is 0 Å². The first-order chi connectivity index (χ1) is 13.1. The second-order valence-corrected chi connectivity index (χ2v) is 6.25. The molecule has 2 amide bonds. The number of pyridine rings is 1. The van der Waals surface area contributed by atoms with Crippen molar-refractivity contribution in [1.82, 2.24) is 10.3 Å². The van der Waals surface area contributed by atoms with Crippen LogP contribution >= 0.6 is 15.9 Å². The van der Waals surface area contributed by atoms with Crippen LogP contribution in [0.1, 0.15) is 16.2 Å². The molecule has 0 bridgehead atoms. The normalized spacial score (nSPS) is 10.3. The SMILES string of the molecule is O=C(CNC(=O)c1ccc(Br)o1)Nc1cccc(OCc2ccccn2)c1. The number of halogens is 1. The van der Waals surface area contributed by atoms with E-state index in [9.17, 15) is 9.59 Å². The Labute approximate surface area is 163 Å². The Morgan fingerprint density at radius 2 is 2.00 bits per heavy atom. The van der Waals surface area contributed by atoms with Crippen LogP contribution < -0.4 is 15.4 Å². The Hall–Kier alpha value is -3.13. The van der Waals surface area contributed by atoms with Crippen LogP contribution in [0.25, 0.3) is 0 Å². The molecular formula is C19H16BrN3O4. The Balaban J connectivity index is 1.49. The maximum absolute atomic E-state index is 12.0. The van der Waals surface area contributed by atoms with Crippen LogP contribution in [0.2, 0.25) is 0 Å². The highest BCUT2D eigenvalue weighted by Gasteiger charge is 2.12. The minimum absolute atomic E-state index is 0.125. The predicted octanol–water partition coefficient (Wildman–Crippen LogP) is 3.38. The van der Waals surface area contributed by atoms with Crippen LogP contribution in [0.4, 0.5) is 5.69 Å². The topological polar surface area (TPSA) is 93.5 Å². The number of benzene rings is 1. The molecule has 3 rings (SSSR count). The van der Waals surface area contributed by atoms with E-state index in [2.05, 4.69) is 31.5 Å². The highest BCUT2D eigenvalue weighted by molar-refractivity contribution is 9.10. The molecule has 0 saturated heterocycles. The number of amides is 2. The molecule has 1 aromatic carbocycles. The minimum atomic E-state index is -0.469. The van der Waals surface area contributed by atoms with Crippen LogP contribution in [0, 0.1) is 0 Å². The summed E-state index contributed by atoms with van der Waals surface area (Å²) in [6.45, 7) is 0.142. The van der Waals surface area contributed by atoms with Crippen molar-refractivity contribution in [3.8, 4) is 5.75 Å². The molecule has 2 N–H and O–H groups in total. The molecule has 0 aliphatic carbocycles. The van der Waals surface area contributed by atoms with Gasteiger partial charge in [0.05, 0.1) is 12.2 Å². The molecule has 0 radical (unpaired) electrons. The molecule has 2 heterocycles. The van der Waals surface area contributed by atoms with E-state index in [1.165, 1.54) is 6.07 Å². The van der Waals surface area contributed by atoms with Crippen molar-refractivity contribution in [2.24, 2.45) is 0 Å². The van der Waals surface area contributed by atoms with Gasteiger partial charge >= 0.3 is 0 Å². The second-order valence-electron chi connectivity index (χ2n) is 5.47. The van der Waals surface area contributed by atoms with Crippen molar-refractivity contribution in [2.45, 2.75) is 6.61 Å². The summed E-state index contributed by atoms with van der Waals surface area (Å²) >= 11 is 3.12. The molecule has 8 heteroatoms. The molecule has 27 heavy (non-hydrogen) atoms. The zero-order chi connectivity index (χ0) is 19.1. The third-order valence-electron chi connectivity index (χ3n) is 3.44. The van der Waals surface area contributed by atoms with Gasteiger partial charge < -0.3 is 19.8 Å². The first kappa shape index (κ1) is 18.7. The van der Waals surface area contributed by atoms with Gasteiger partial charge in [-0.15, -0.1) is 0 Å². The van der Waals surface area contributed by atoms with Gasteiger partial charge in [-0.05, 0) is 52.3 Å². The quantitative estimate of drug-likeness (QED) is 0.600. The molecule has 7 nitrogen and oxygen atoms in total. The van der Waals surface area contributed by atoms with E-state index in [-0.39, 0.29) is 18.2 Å². The van der Waals surface area contributed by atoms with Crippen LogP contribution in [0.5, 0.6) is 5.75 Å². The molecule has 0 aliphatic heterocycles. The maximum Gasteiger partial charge on any atom is 0.287 e. The lowest BCUT2D eigenvalue weighted by atomic mass is 10.3. The second kappa shape index (κ2) is 9.00. The number of ether oxygens (including phenoxy) is 1. The number of carbonyl (C=O) groups excluding carboxylic acids is 2. The summed E-state index contributed by atoms with van der Waals surface area (Å²) in [6, 6.07) is 15.7. The van der Waals surface area contributed by atoms with E-state index in [1.807, 2.05) is 18.2 Å². The molecule has 0 unspecified atom stereocenters. The molecular weight excluding hydrogens is 414 g/mol. The van der Waals surface area contributed by atoms with E-state index in [0.29, 0.717) is 22.7 Å². The van der Waals surface area contributed by atoms with Crippen molar-refractivity contribution in [1.29, 1.82) is 0 Å². The van der Waals surface area contributed by atoms with Crippen LogP contribution in [0.15, 0.2) is 69.9 Å². The standard InChI is InChI=1S/C19H16BrN3O4/c20-17-8-7-16(27-17)19(25)22-11-18(24)23-13-5-3-6-15(10-13)26-12-14-4-1-2-9-21-14/h1-10H,11-12H2,(H,22,25)(H,23,24). The van der Waals surface area contributed by atoms with Crippen molar-refractivity contribution in [3.05, 3.63) is 76.9 Å². The molecule has 0 atom stereocenters. The van der Waals surface area contributed by atoms with Gasteiger partial charge in [0.1, 0.15) is 12.4 Å². The van der Waals surface area contributed by atoms with Crippen molar-refractivity contribution < 1.29 is 18.7 Å². The Kier molecular flexibility index (Phi) is 6.22. The largest absolute Gasteiger partial charge is 0.487 e. The predicted molar refractivity (Wildman–Crippen MR) is 102 cm³/mol. The molecule has 0 saturated carbocycles. The first-order valence-electron chi connectivity index (χ1n) is 8.06. The number of hydrogen-bond donors (Lipinski definition) is 2. The van der Waals surface area contributed by atoms with Gasteiger partial charge in [0.15, 0.2) is 10.4 Å². The highest BCUT2D eigenvalue weighted by atomic mass is 79.9. The van der Waals surface area contributed by atoms with Crippen molar-refractivity contribution >= 4 is 33.4 Å². The average Bonchev–Trinajstić information content (AvgIpc) is 3.12. The van der Waals surface area contributed by atoms with Gasteiger partial charge in [0.2, 0.25) is 5.91 Å². The fourth-order valence-electron chi connectivity index (χ4n) is 2.19. The number of rotatable bonds is 7. The highest BCUT2D eigenvalue weighted by Crippen LogP contribution is 2.18. The molecule has 0 fully saturated rings. The number of aromatic nitrogens is 1. The number of carbonyl (C=O) groups is 2. The van der Waals surface area contributed by atoms with E-state index in [4.69, 9.17) is 9.15 Å². The smallest absolute Gasteiger partial charge is 0.287 e. The van der Waals surface area contributed by atoms with Gasteiger partial charge in [0, 0.05) is 18.0 Å². The van der Waals surface area contributed by atoms with Gasteiger partial charge in [-0.25, -0.2) is 0 Å². The Morgan fingerprint density at radius 1 is 1.11 bits per heavy atom. The van der Waals surface area contributed by atoms with E-state index in [1.54, 1.807) is 36.5 Å². The zero-order valence-corrected chi connectivity index (χ0v) is 15.7. The molecule has 3 aromatic rings. The molecule has 0 aliphatic rings. The monoisotopic (exact) mass is 429 g/mol. The van der Waals surface area contributed by atoms with Crippen molar-refractivity contribution in [2.75, 3.05) is 11.9 Å². The molecule has 0 spiro atoms. The number of hydrogen-bond acceptors (Lipinski definition) is 5. The fourth-order valence-corrected chi connectivity index (χ4v) is 2.50. The molecule has 2 aromatic heterocycles. The number of nitrogens with one attached hydrogen (secondary N) is 2. The maximum atomic E-state index is 12.0. The Morgan fingerprint density at radius 3 is 2.74 bits per heavy atom. The third-order valence-corrected chi connectivity index (χ3v) is 3.86. The fraction of sp³-hybridized carbons (Fsp3) is 0.105. The zero-order valence-electron chi connectivity index (χ0n) is 14.1. The number of nitrogens with zero attached hydrogens (tertiary/aromatic N) is 1. The van der Waals surface area contributed by atoms with E-state index >= 15 is 0 Å². The van der Waals surface area contributed by atoms with Gasteiger partial charge in [0.25, 0.3) is 5.91 Å². The lowest BCUT2D eigenvalue weighted by Crippen LogP contribution is -2.32. The van der Waals surface area contributed by atoms with Gasteiger partial charge in [-0.1, -0.05) is 12.1 Å². The summed E-state index contributed by atoms with van der Waals surface area (Å²) in [5.74, 6) is -0.110. The average molecular weight is 430 g/mol. The van der Waals surface area contributed by atoms with E-state index < -0.39 is 5.91 Å². The lowest BCUT2D eigenvalue weighted by Gasteiger charge is -2.09. The molecule has 138 valence electrons. The first-order valence-corrected chi connectivity index (χ1v) is 8.85. The summed E-state index contributed by atoms with van der Waals surface area (Å²) in [7, 11) is 0. The van der Waals surface area contributed by atoms with Gasteiger partial charge in [-0.2, -0.15) is 0 Å². The summed E-state index contributed by atoms with van der Waals surface area (Å²) in [6.07, 6.45) is 1.70. The van der Waals surface area contributed by atoms with Crippen LogP contribution in [-0.4, -0.2) is 23.3 Å². The summed E-state index contributed by atoms with van der Waals surface area (Å²) in [5, 5.41) is 5.19. The summed E-state index contributed by atoms with van der Waals surface area (Å²) < 4.78 is 11.2.